The molecule has 0 fully saturated rings. The molecule has 114 valence electrons. The van der Waals surface area contributed by atoms with Crippen LogP contribution in [0.4, 0.5) is 5.69 Å². The highest BCUT2D eigenvalue weighted by atomic mass is 32.1. The summed E-state index contributed by atoms with van der Waals surface area (Å²) >= 11 is 1.71. The van der Waals surface area contributed by atoms with E-state index >= 15 is 0 Å². The van der Waals surface area contributed by atoms with Gasteiger partial charge in [0.2, 0.25) is 0 Å². The van der Waals surface area contributed by atoms with E-state index < -0.39 is 0 Å². The van der Waals surface area contributed by atoms with Gasteiger partial charge < -0.3 is 10.1 Å². The molecule has 0 atom stereocenters. The molecule has 0 unspecified atom stereocenters. The molecule has 1 heterocycles. The van der Waals surface area contributed by atoms with Gasteiger partial charge >= 0.3 is 0 Å². The summed E-state index contributed by atoms with van der Waals surface area (Å²) in [7, 11) is 1.92. The number of anilines is 1. The van der Waals surface area contributed by atoms with E-state index in [1.165, 1.54) is 4.70 Å². The van der Waals surface area contributed by atoms with Crippen molar-refractivity contribution in [2.45, 2.75) is 19.8 Å². The molecule has 3 nitrogen and oxygen atoms in total. The molecule has 3 rings (SSSR count). The second-order valence-corrected chi connectivity index (χ2v) is 6.21. The molecule has 2 aromatic carbocycles. The molecule has 0 bridgehead atoms. The number of rotatable bonds is 6. The first-order chi connectivity index (χ1) is 10.8. The van der Waals surface area contributed by atoms with Gasteiger partial charge in [0.25, 0.3) is 0 Å². The molecule has 22 heavy (non-hydrogen) atoms. The van der Waals surface area contributed by atoms with Crippen LogP contribution in [-0.4, -0.2) is 18.6 Å². The van der Waals surface area contributed by atoms with E-state index in [9.17, 15) is 0 Å². The van der Waals surface area contributed by atoms with Crippen LogP contribution in [0, 0.1) is 0 Å². The first kappa shape index (κ1) is 14.9. The van der Waals surface area contributed by atoms with Gasteiger partial charge in [-0.2, -0.15) is 0 Å². The van der Waals surface area contributed by atoms with Crippen LogP contribution in [0.15, 0.2) is 42.5 Å². The van der Waals surface area contributed by atoms with Gasteiger partial charge in [-0.15, -0.1) is 11.3 Å². The zero-order valence-electron chi connectivity index (χ0n) is 12.9. The van der Waals surface area contributed by atoms with Crippen molar-refractivity contribution >= 4 is 27.2 Å². The van der Waals surface area contributed by atoms with Crippen molar-refractivity contribution in [3.8, 4) is 16.3 Å². The highest BCUT2D eigenvalue weighted by Crippen LogP contribution is 2.32. The number of aromatic nitrogens is 1. The van der Waals surface area contributed by atoms with Gasteiger partial charge in [-0.25, -0.2) is 4.98 Å². The van der Waals surface area contributed by atoms with E-state index in [2.05, 4.69) is 42.6 Å². The summed E-state index contributed by atoms with van der Waals surface area (Å²) in [6.07, 6.45) is 2.24. The molecule has 0 saturated heterocycles. The number of ether oxygens (including phenoxy) is 1. The first-order valence-electron chi connectivity index (χ1n) is 7.61. The second kappa shape index (κ2) is 6.79. The summed E-state index contributed by atoms with van der Waals surface area (Å²) < 4.78 is 6.94. The van der Waals surface area contributed by atoms with Crippen molar-refractivity contribution in [3.63, 3.8) is 0 Å². The maximum atomic E-state index is 5.77. The van der Waals surface area contributed by atoms with Crippen molar-refractivity contribution in [2.75, 3.05) is 19.0 Å². The Morgan fingerprint density at radius 2 is 1.95 bits per heavy atom. The second-order valence-electron chi connectivity index (χ2n) is 5.18. The minimum Gasteiger partial charge on any atom is -0.494 e. The Morgan fingerprint density at radius 3 is 2.68 bits per heavy atom. The van der Waals surface area contributed by atoms with Gasteiger partial charge in [0.05, 0.1) is 16.8 Å². The highest BCUT2D eigenvalue weighted by Gasteiger charge is 2.07. The highest BCUT2D eigenvalue weighted by molar-refractivity contribution is 7.21. The van der Waals surface area contributed by atoms with Crippen molar-refractivity contribution in [1.29, 1.82) is 0 Å². The van der Waals surface area contributed by atoms with Crippen LogP contribution >= 0.6 is 11.3 Å². The maximum Gasteiger partial charge on any atom is 0.124 e. The SMILES string of the molecule is CCCCOc1ccc2nc(-c3ccc(NC)cc3)sc2c1. The molecule has 1 N–H and O–H groups in total. The van der Waals surface area contributed by atoms with E-state index in [0.717, 1.165) is 47.0 Å². The van der Waals surface area contributed by atoms with Gasteiger partial charge in [0, 0.05) is 18.3 Å². The van der Waals surface area contributed by atoms with Crippen LogP contribution in [0.3, 0.4) is 0 Å². The summed E-state index contributed by atoms with van der Waals surface area (Å²) in [5.41, 5.74) is 3.28. The van der Waals surface area contributed by atoms with E-state index in [4.69, 9.17) is 9.72 Å². The average Bonchev–Trinajstić information content (AvgIpc) is 2.98. The van der Waals surface area contributed by atoms with E-state index in [0.29, 0.717) is 0 Å². The van der Waals surface area contributed by atoms with Crippen LogP contribution in [-0.2, 0) is 0 Å². The molecule has 0 radical (unpaired) electrons. The Labute approximate surface area is 135 Å². The van der Waals surface area contributed by atoms with E-state index in [-0.39, 0.29) is 0 Å². The molecule has 0 spiro atoms. The molecule has 0 aliphatic rings. The molecule has 4 heteroatoms. The summed E-state index contributed by atoms with van der Waals surface area (Å²) in [4.78, 5) is 4.72. The third-order valence-corrected chi connectivity index (χ3v) is 4.61. The summed E-state index contributed by atoms with van der Waals surface area (Å²) in [5, 5.41) is 4.18. The number of benzene rings is 2. The predicted octanol–water partition coefficient (Wildman–Crippen LogP) is 5.18. The lowest BCUT2D eigenvalue weighted by atomic mass is 10.2. The Hall–Kier alpha value is -2.07. The lowest BCUT2D eigenvalue weighted by Crippen LogP contribution is -1.95. The van der Waals surface area contributed by atoms with E-state index in [1.54, 1.807) is 11.3 Å². The Morgan fingerprint density at radius 1 is 1.14 bits per heavy atom. The molecular weight excluding hydrogens is 292 g/mol. The van der Waals surface area contributed by atoms with Crippen molar-refractivity contribution in [2.24, 2.45) is 0 Å². The molecule has 0 amide bonds. The van der Waals surface area contributed by atoms with E-state index in [1.807, 2.05) is 19.2 Å². The lowest BCUT2D eigenvalue weighted by Gasteiger charge is -2.04. The zero-order chi connectivity index (χ0) is 15.4. The molecule has 1 aromatic heterocycles. The number of hydrogen-bond acceptors (Lipinski definition) is 4. The monoisotopic (exact) mass is 312 g/mol. The smallest absolute Gasteiger partial charge is 0.124 e. The van der Waals surface area contributed by atoms with Crippen LogP contribution < -0.4 is 10.1 Å². The van der Waals surface area contributed by atoms with Gasteiger partial charge in [0.15, 0.2) is 0 Å². The summed E-state index contributed by atoms with van der Waals surface area (Å²) in [5.74, 6) is 0.932. The predicted molar refractivity (Wildman–Crippen MR) is 95.0 cm³/mol. The zero-order valence-corrected chi connectivity index (χ0v) is 13.7. The Balaban J connectivity index is 1.85. The number of thiazole rings is 1. The molecule has 3 aromatic rings. The average molecular weight is 312 g/mol. The van der Waals surface area contributed by atoms with Crippen LogP contribution in [0.2, 0.25) is 0 Å². The number of unbranched alkanes of at least 4 members (excludes halogenated alkanes) is 1. The molecule has 0 aliphatic carbocycles. The number of nitrogens with one attached hydrogen (secondary N) is 1. The van der Waals surface area contributed by atoms with Gasteiger partial charge in [-0.1, -0.05) is 13.3 Å². The number of hydrogen-bond donors (Lipinski definition) is 1. The van der Waals surface area contributed by atoms with Crippen molar-refractivity contribution < 1.29 is 4.74 Å². The lowest BCUT2D eigenvalue weighted by molar-refractivity contribution is 0.310. The molecule has 0 saturated carbocycles. The van der Waals surface area contributed by atoms with Gasteiger partial charge in [0.1, 0.15) is 10.8 Å². The summed E-state index contributed by atoms with van der Waals surface area (Å²) in [6, 6.07) is 14.5. The standard InChI is InChI=1S/C18H20N2OS/c1-3-4-11-21-15-9-10-16-17(12-15)22-18(20-16)13-5-7-14(19-2)8-6-13/h5-10,12,19H,3-4,11H2,1-2H3. The minimum atomic E-state index is 0.777. The Bertz CT molecular complexity index is 749. The number of nitrogens with zero attached hydrogens (tertiary/aromatic N) is 1. The van der Waals surface area contributed by atoms with Gasteiger partial charge in [-0.05, 0) is 48.9 Å². The normalized spacial score (nSPS) is 10.8. The van der Waals surface area contributed by atoms with Crippen LogP contribution in [0.25, 0.3) is 20.8 Å². The van der Waals surface area contributed by atoms with Crippen molar-refractivity contribution in [1.82, 2.24) is 4.98 Å². The Kier molecular flexibility index (Phi) is 4.59. The quantitative estimate of drug-likeness (QED) is 0.636. The number of fused-ring (bicyclic) bond motifs is 1. The topological polar surface area (TPSA) is 34.1 Å². The fourth-order valence-corrected chi connectivity index (χ4v) is 3.23. The fourth-order valence-electron chi connectivity index (χ4n) is 2.23. The third kappa shape index (κ3) is 3.22. The van der Waals surface area contributed by atoms with Crippen LogP contribution in [0.1, 0.15) is 19.8 Å². The molecular formula is C18H20N2OS. The van der Waals surface area contributed by atoms with Crippen LogP contribution in [0.5, 0.6) is 5.75 Å². The first-order valence-corrected chi connectivity index (χ1v) is 8.43. The fraction of sp³-hybridized carbons (Fsp3) is 0.278. The maximum absolute atomic E-state index is 5.77. The molecule has 0 aliphatic heterocycles. The van der Waals surface area contributed by atoms with Crippen molar-refractivity contribution in [3.05, 3.63) is 42.5 Å². The third-order valence-electron chi connectivity index (χ3n) is 3.55. The summed E-state index contributed by atoms with van der Waals surface area (Å²) in [6.45, 7) is 2.94. The van der Waals surface area contributed by atoms with Gasteiger partial charge in [-0.3, -0.25) is 0 Å². The minimum absolute atomic E-state index is 0.777. The largest absolute Gasteiger partial charge is 0.494 e.